The van der Waals surface area contributed by atoms with Crippen LogP contribution in [0.25, 0.3) is 0 Å². The molecule has 3 fully saturated rings. The van der Waals surface area contributed by atoms with Crippen molar-refractivity contribution in [2.45, 2.75) is 82.5 Å². The predicted molar refractivity (Wildman–Crippen MR) is 85.1 cm³/mol. The van der Waals surface area contributed by atoms with Gasteiger partial charge in [0.2, 0.25) is 0 Å². The molecule has 3 aliphatic rings. The number of fused-ring (bicyclic) bond motifs is 2. The van der Waals surface area contributed by atoms with Crippen LogP contribution in [0.2, 0.25) is 0 Å². The van der Waals surface area contributed by atoms with E-state index in [1.54, 1.807) is 0 Å². The number of nitrogens with zero attached hydrogens (tertiary/aromatic N) is 2. The van der Waals surface area contributed by atoms with E-state index in [0.29, 0.717) is 0 Å². The van der Waals surface area contributed by atoms with Crippen molar-refractivity contribution in [1.29, 1.82) is 0 Å². The Morgan fingerprint density at radius 1 is 1.10 bits per heavy atom. The Morgan fingerprint density at radius 2 is 1.80 bits per heavy atom. The van der Waals surface area contributed by atoms with Crippen LogP contribution in [-0.2, 0) is 0 Å². The van der Waals surface area contributed by atoms with Crippen molar-refractivity contribution >= 4 is 0 Å². The number of piperidine rings is 2. The minimum absolute atomic E-state index is 0.794. The highest BCUT2D eigenvalue weighted by molar-refractivity contribution is 4.95. The Bertz CT molecular complexity index is 289. The quantitative estimate of drug-likeness (QED) is 0.772. The first-order valence-corrected chi connectivity index (χ1v) is 8.97. The number of hydrogen-bond donors (Lipinski definition) is 1. The van der Waals surface area contributed by atoms with Crippen LogP contribution in [0.1, 0.15) is 58.3 Å². The molecule has 1 aliphatic carbocycles. The van der Waals surface area contributed by atoms with Crippen LogP contribution >= 0.6 is 0 Å². The summed E-state index contributed by atoms with van der Waals surface area (Å²) in [4.78, 5) is 5.46. The minimum Gasteiger partial charge on any atom is -0.314 e. The Kier molecular flexibility index (Phi) is 5.00. The molecule has 2 heterocycles. The lowest BCUT2D eigenvalue weighted by Crippen LogP contribution is -2.57. The standard InChI is InChI=1S/C17H33N3/c1-3-9-18-14-12-16-5-4-6-17(13-14)20(16)11-10-19(2)15-7-8-15/h14-18H,3-13H2,1-2H3. The number of rotatable bonds is 7. The summed E-state index contributed by atoms with van der Waals surface area (Å²) >= 11 is 0. The average molecular weight is 279 g/mol. The molecular weight excluding hydrogens is 246 g/mol. The number of nitrogens with one attached hydrogen (secondary N) is 1. The third kappa shape index (κ3) is 3.55. The molecule has 0 aromatic heterocycles. The van der Waals surface area contributed by atoms with Gasteiger partial charge in [0.15, 0.2) is 0 Å². The molecule has 3 nitrogen and oxygen atoms in total. The molecule has 0 amide bonds. The fourth-order valence-electron chi connectivity index (χ4n) is 4.33. The van der Waals surface area contributed by atoms with Crippen molar-refractivity contribution in [2.24, 2.45) is 0 Å². The van der Waals surface area contributed by atoms with Gasteiger partial charge in [0.05, 0.1) is 0 Å². The van der Waals surface area contributed by atoms with Crippen LogP contribution in [0.3, 0.4) is 0 Å². The van der Waals surface area contributed by atoms with Crippen LogP contribution in [-0.4, -0.2) is 60.6 Å². The second-order valence-electron chi connectivity index (χ2n) is 7.31. The molecule has 0 radical (unpaired) electrons. The molecule has 2 atom stereocenters. The highest BCUT2D eigenvalue weighted by Gasteiger charge is 2.38. The zero-order valence-corrected chi connectivity index (χ0v) is 13.5. The summed E-state index contributed by atoms with van der Waals surface area (Å²) in [6.07, 6.45) is 11.3. The van der Waals surface area contributed by atoms with Crippen molar-refractivity contribution < 1.29 is 0 Å². The van der Waals surface area contributed by atoms with Crippen molar-refractivity contribution in [2.75, 3.05) is 26.7 Å². The van der Waals surface area contributed by atoms with Gasteiger partial charge in [-0.25, -0.2) is 0 Å². The maximum Gasteiger partial charge on any atom is 0.0115 e. The van der Waals surface area contributed by atoms with Crippen LogP contribution < -0.4 is 5.32 Å². The molecule has 20 heavy (non-hydrogen) atoms. The highest BCUT2D eigenvalue weighted by Crippen LogP contribution is 2.34. The zero-order chi connectivity index (χ0) is 13.9. The lowest BCUT2D eigenvalue weighted by atomic mass is 9.81. The van der Waals surface area contributed by atoms with Gasteiger partial charge in [0.25, 0.3) is 0 Å². The third-order valence-corrected chi connectivity index (χ3v) is 5.69. The van der Waals surface area contributed by atoms with E-state index >= 15 is 0 Å². The molecule has 3 rings (SSSR count). The first-order valence-electron chi connectivity index (χ1n) is 8.97. The zero-order valence-electron chi connectivity index (χ0n) is 13.5. The molecule has 0 aromatic rings. The van der Waals surface area contributed by atoms with E-state index in [1.807, 2.05) is 0 Å². The molecule has 1 N–H and O–H groups in total. The monoisotopic (exact) mass is 279 g/mol. The van der Waals surface area contributed by atoms with Crippen LogP contribution in [0.15, 0.2) is 0 Å². The smallest absolute Gasteiger partial charge is 0.0115 e. The first-order chi connectivity index (χ1) is 9.78. The van der Waals surface area contributed by atoms with Crippen molar-refractivity contribution in [3.8, 4) is 0 Å². The van der Waals surface area contributed by atoms with Crippen molar-refractivity contribution in [3.05, 3.63) is 0 Å². The Labute approximate surface area is 125 Å². The molecule has 2 bridgehead atoms. The van der Waals surface area contributed by atoms with Gasteiger partial charge in [0, 0.05) is 37.3 Å². The van der Waals surface area contributed by atoms with E-state index in [-0.39, 0.29) is 0 Å². The van der Waals surface area contributed by atoms with Gasteiger partial charge in [-0.2, -0.15) is 0 Å². The summed E-state index contributed by atoms with van der Waals surface area (Å²) in [6.45, 7) is 6.07. The van der Waals surface area contributed by atoms with Crippen LogP contribution in [0, 0.1) is 0 Å². The van der Waals surface area contributed by atoms with Crippen LogP contribution in [0.5, 0.6) is 0 Å². The maximum atomic E-state index is 3.78. The summed E-state index contributed by atoms with van der Waals surface area (Å²) in [5.74, 6) is 0. The molecular formula is C17H33N3. The van der Waals surface area contributed by atoms with Gasteiger partial charge in [-0.05, 0) is 58.5 Å². The topological polar surface area (TPSA) is 18.5 Å². The fourth-order valence-corrected chi connectivity index (χ4v) is 4.33. The van der Waals surface area contributed by atoms with Crippen molar-refractivity contribution in [1.82, 2.24) is 15.1 Å². The highest BCUT2D eigenvalue weighted by atomic mass is 15.3. The normalized spacial score (nSPS) is 34.6. The first kappa shape index (κ1) is 14.8. The maximum absolute atomic E-state index is 3.78. The molecule has 2 aliphatic heterocycles. The Balaban J connectivity index is 1.50. The summed E-state index contributed by atoms with van der Waals surface area (Å²) < 4.78 is 0. The van der Waals surface area contributed by atoms with Gasteiger partial charge < -0.3 is 10.2 Å². The van der Waals surface area contributed by atoms with Crippen molar-refractivity contribution in [3.63, 3.8) is 0 Å². The summed E-state index contributed by atoms with van der Waals surface area (Å²) in [5, 5.41) is 3.78. The summed E-state index contributed by atoms with van der Waals surface area (Å²) in [6, 6.07) is 3.44. The van der Waals surface area contributed by atoms with Gasteiger partial charge in [-0.15, -0.1) is 0 Å². The number of hydrogen-bond acceptors (Lipinski definition) is 3. The van der Waals surface area contributed by atoms with E-state index in [4.69, 9.17) is 0 Å². The second-order valence-corrected chi connectivity index (χ2v) is 7.31. The molecule has 2 unspecified atom stereocenters. The van der Waals surface area contributed by atoms with E-state index in [1.165, 1.54) is 71.0 Å². The molecule has 3 heteroatoms. The van der Waals surface area contributed by atoms with E-state index in [2.05, 4.69) is 29.1 Å². The molecule has 2 saturated heterocycles. The van der Waals surface area contributed by atoms with Crippen LogP contribution in [0.4, 0.5) is 0 Å². The third-order valence-electron chi connectivity index (χ3n) is 5.69. The SMILES string of the molecule is CCCNC1CC2CCCC(C1)N2CCN(C)C1CC1. The molecule has 116 valence electrons. The molecule has 1 saturated carbocycles. The summed E-state index contributed by atoms with van der Waals surface area (Å²) in [5.41, 5.74) is 0. The van der Waals surface area contributed by atoms with Gasteiger partial charge in [-0.1, -0.05) is 13.3 Å². The second kappa shape index (κ2) is 6.76. The van der Waals surface area contributed by atoms with E-state index in [9.17, 15) is 0 Å². The Morgan fingerprint density at radius 3 is 2.40 bits per heavy atom. The van der Waals surface area contributed by atoms with E-state index < -0.39 is 0 Å². The summed E-state index contributed by atoms with van der Waals surface area (Å²) in [7, 11) is 2.32. The van der Waals surface area contributed by atoms with Gasteiger partial charge in [-0.3, -0.25) is 4.90 Å². The minimum atomic E-state index is 0.794. The average Bonchev–Trinajstić information content (AvgIpc) is 3.26. The Hall–Kier alpha value is -0.120. The number of likely N-dealkylation sites (N-methyl/N-ethyl adjacent to an activating group) is 1. The molecule has 0 aromatic carbocycles. The predicted octanol–water partition coefficient (Wildman–Crippen LogP) is 2.47. The van der Waals surface area contributed by atoms with Gasteiger partial charge >= 0.3 is 0 Å². The largest absolute Gasteiger partial charge is 0.314 e. The lowest BCUT2D eigenvalue weighted by Gasteiger charge is -2.49. The lowest BCUT2D eigenvalue weighted by molar-refractivity contribution is 0.0185. The molecule has 0 spiro atoms. The fraction of sp³-hybridized carbons (Fsp3) is 1.00. The van der Waals surface area contributed by atoms with E-state index in [0.717, 1.165) is 24.2 Å². The van der Waals surface area contributed by atoms with Gasteiger partial charge in [0.1, 0.15) is 0 Å².